The summed E-state index contributed by atoms with van der Waals surface area (Å²) in [7, 11) is 1.66. The van der Waals surface area contributed by atoms with Crippen LogP contribution in [0.1, 0.15) is 18.4 Å². The highest BCUT2D eigenvalue weighted by Crippen LogP contribution is 2.23. The SMILES string of the molecule is COc1cccc(-c2ccc(CNC(=O)CCCN)cc2)c1. The quantitative estimate of drug-likeness (QED) is 0.826. The van der Waals surface area contributed by atoms with E-state index in [0.717, 1.165) is 28.9 Å². The minimum atomic E-state index is 0.0438. The fourth-order valence-corrected chi connectivity index (χ4v) is 2.17. The van der Waals surface area contributed by atoms with Crippen molar-refractivity contribution < 1.29 is 9.53 Å². The van der Waals surface area contributed by atoms with Gasteiger partial charge in [-0.2, -0.15) is 0 Å². The maximum absolute atomic E-state index is 11.6. The van der Waals surface area contributed by atoms with Gasteiger partial charge in [0.05, 0.1) is 7.11 Å². The minimum absolute atomic E-state index is 0.0438. The first-order valence-corrected chi connectivity index (χ1v) is 7.43. The number of ether oxygens (including phenoxy) is 1. The molecule has 0 aliphatic rings. The van der Waals surface area contributed by atoms with Crippen molar-refractivity contribution in [3.8, 4) is 16.9 Å². The molecule has 4 heteroatoms. The molecule has 2 aromatic rings. The maximum Gasteiger partial charge on any atom is 0.220 e. The largest absolute Gasteiger partial charge is 0.497 e. The maximum atomic E-state index is 11.6. The number of hydrogen-bond donors (Lipinski definition) is 2. The van der Waals surface area contributed by atoms with Gasteiger partial charge in [-0.15, -0.1) is 0 Å². The Bertz CT molecular complexity index is 609. The van der Waals surface area contributed by atoms with Crippen molar-refractivity contribution in [3.05, 3.63) is 54.1 Å². The number of hydrogen-bond acceptors (Lipinski definition) is 3. The van der Waals surface area contributed by atoms with Crippen LogP contribution in [0.3, 0.4) is 0 Å². The Hall–Kier alpha value is -2.33. The van der Waals surface area contributed by atoms with Crippen LogP contribution in [0, 0.1) is 0 Å². The van der Waals surface area contributed by atoms with Crippen molar-refractivity contribution in [2.75, 3.05) is 13.7 Å². The molecule has 0 heterocycles. The van der Waals surface area contributed by atoms with E-state index in [2.05, 4.69) is 17.4 Å². The van der Waals surface area contributed by atoms with Gasteiger partial charge in [0.25, 0.3) is 0 Å². The van der Waals surface area contributed by atoms with E-state index in [1.165, 1.54) is 0 Å². The summed E-state index contributed by atoms with van der Waals surface area (Å²) in [4.78, 5) is 11.6. The third-order valence-electron chi connectivity index (χ3n) is 3.45. The van der Waals surface area contributed by atoms with Crippen molar-refractivity contribution in [3.63, 3.8) is 0 Å². The second-order valence-electron chi connectivity index (χ2n) is 5.10. The lowest BCUT2D eigenvalue weighted by atomic mass is 10.0. The lowest BCUT2D eigenvalue weighted by molar-refractivity contribution is -0.121. The van der Waals surface area contributed by atoms with Crippen molar-refractivity contribution in [1.82, 2.24) is 5.32 Å². The van der Waals surface area contributed by atoms with Gasteiger partial charge in [0.1, 0.15) is 5.75 Å². The number of nitrogens with two attached hydrogens (primary N) is 1. The Morgan fingerprint density at radius 1 is 1.14 bits per heavy atom. The summed E-state index contributed by atoms with van der Waals surface area (Å²) in [5.74, 6) is 0.885. The molecule has 0 saturated carbocycles. The molecule has 0 radical (unpaired) electrons. The zero-order chi connectivity index (χ0) is 15.8. The third-order valence-corrected chi connectivity index (χ3v) is 3.45. The number of carbonyl (C=O) groups is 1. The summed E-state index contributed by atoms with van der Waals surface area (Å²) in [6.45, 7) is 1.09. The van der Waals surface area contributed by atoms with E-state index in [9.17, 15) is 4.79 Å². The Labute approximate surface area is 131 Å². The van der Waals surface area contributed by atoms with Crippen LogP contribution in [0.2, 0.25) is 0 Å². The van der Waals surface area contributed by atoms with Crippen LogP contribution in [0.4, 0.5) is 0 Å². The fraction of sp³-hybridized carbons (Fsp3) is 0.278. The Morgan fingerprint density at radius 2 is 1.91 bits per heavy atom. The number of methoxy groups -OCH3 is 1. The summed E-state index contributed by atoms with van der Waals surface area (Å²) >= 11 is 0. The number of nitrogens with one attached hydrogen (secondary N) is 1. The molecule has 2 aromatic carbocycles. The molecular formula is C18H22N2O2. The van der Waals surface area contributed by atoms with Gasteiger partial charge in [-0.1, -0.05) is 36.4 Å². The number of amides is 1. The lowest BCUT2D eigenvalue weighted by Gasteiger charge is -2.07. The van der Waals surface area contributed by atoms with Gasteiger partial charge in [-0.05, 0) is 41.8 Å². The van der Waals surface area contributed by atoms with Crippen molar-refractivity contribution in [2.24, 2.45) is 5.73 Å². The minimum Gasteiger partial charge on any atom is -0.497 e. The average Bonchev–Trinajstić information content (AvgIpc) is 2.58. The summed E-state index contributed by atoms with van der Waals surface area (Å²) in [6.07, 6.45) is 1.21. The van der Waals surface area contributed by atoms with Gasteiger partial charge < -0.3 is 15.8 Å². The Kier molecular flexibility index (Phi) is 5.98. The molecule has 3 N–H and O–H groups in total. The Balaban J connectivity index is 1.96. The van der Waals surface area contributed by atoms with Crippen molar-refractivity contribution in [1.29, 1.82) is 0 Å². The molecule has 0 bridgehead atoms. The molecule has 22 heavy (non-hydrogen) atoms. The highest BCUT2D eigenvalue weighted by Gasteiger charge is 2.02. The summed E-state index contributed by atoms with van der Waals surface area (Å²) < 4.78 is 5.24. The first-order chi connectivity index (χ1) is 10.7. The van der Waals surface area contributed by atoms with Crippen LogP contribution in [-0.4, -0.2) is 19.6 Å². The third kappa shape index (κ3) is 4.60. The van der Waals surface area contributed by atoms with Crippen molar-refractivity contribution in [2.45, 2.75) is 19.4 Å². The monoisotopic (exact) mass is 298 g/mol. The van der Waals surface area contributed by atoms with Crippen LogP contribution in [-0.2, 0) is 11.3 Å². The number of rotatable bonds is 7. The van der Waals surface area contributed by atoms with E-state index in [-0.39, 0.29) is 5.91 Å². The van der Waals surface area contributed by atoms with Crippen molar-refractivity contribution >= 4 is 5.91 Å². The van der Waals surface area contributed by atoms with Crippen LogP contribution in [0.25, 0.3) is 11.1 Å². The summed E-state index contributed by atoms with van der Waals surface area (Å²) in [6, 6.07) is 16.1. The van der Waals surface area contributed by atoms with E-state index in [1.54, 1.807) is 7.11 Å². The molecule has 1 amide bonds. The van der Waals surface area contributed by atoms with Gasteiger partial charge in [0.15, 0.2) is 0 Å². The topological polar surface area (TPSA) is 64.3 Å². The zero-order valence-electron chi connectivity index (χ0n) is 12.8. The van der Waals surface area contributed by atoms with Crippen LogP contribution in [0.15, 0.2) is 48.5 Å². The van der Waals surface area contributed by atoms with Crippen LogP contribution >= 0.6 is 0 Å². The molecule has 0 spiro atoms. The lowest BCUT2D eigenvalue weighted by Crippen LogP contribution is -2.23. The average molecular weight is 298 g/mol. The van der Waals surface area contributed by atoms with E-state index < -0.39 is 0 Å². The molecule has 4 nitrogen and oxygen atoms in total. The molecule has 0 atom stereocenters. The predicted octanol–water partition coefficient (Wildman–Crippen LogP) is 2.72. The van der Waals surface area contributed by atoms with Crippen LogP contribution < -0.4 is 15.8 Å². The zero-order valence-corrected chi connectivity index (χ0v) is 12.8. The Morgan fingerprint density at radius 3 is 2.59 bits per heavy atom. The molecule has 0 aliphatic carbocycles. The van der Waals surface area contributed by atoms with E-state index in [4.69, 9.17) is 10.5 Å². The first-order valence-electron chi connectivity index (χ1n) is 7.43. The summed E-state index contributed by atoms with van der Waals surface area (Å²) in [5.41, 5.74) is 8.70. The number of carbonyl (C=O) groups excluding carboxylic acids is 1. The van der Waals surface area contributed by atoms with Gasteiger partial charge in [-0.25, -0.2) is 0 Å². The molecule has 116 valence electrons. The highest BCUT2D eigenvalue weighted by atomic mass is 16.5. The highest BCUT2D eigenvalue weighted by molar-refractivity contribution is 5.75. The van der Waals surface area contributed by atoms with Gasteiger partial charge in [0, 0.05) is 13.0 Å². The van der Waals surface area contributed by atoms with Gasteiger partial charge in [0.2, 0.25) is 5.91 Å². The normalized spacial score (nSPS) is 10.3. The number of benzene rings is 2. The summed E-state index contributed by atoms with van der Waals surface area (Å²) in [5, 5.41) is 2.90. The molecule has 0 aromatic heterocycles. The smallest absolute Gasteiger partial charge is 0.220 e. The van der Waals surface area contributed by atoms with Gasteiger partial charge >= 0.3 is 0 Å². The molecule has 0 unspecified atom stereocenters. The van der Waals surface area contributed by atoms with E-state index in [1.807, 2.05) is 36.4 Å². The molecule has 0 aliphatic heterocycles. The predicted molar refractivity (Wildman–Crippen MR) is 88.6 cm³/mol. The first kappa shape index (κ1) is 16.0. The van der Waals surface area contributed by atoms with E-state index >= 15 is 0 Å². The standard InChI is InChI=1S/C18H22N2O2/c1-22-17-5-2-4-16(12-17)15-9-7-14(8-10-15)13-20-18(21)6-3-11-19/h2,4-5,7-10,12H,3,6,11,13,19H2,1H3,(H,20,21). The molecule has 0 saturated heterocycles. The fourth-order valence-electron chi connectivity index (χ4n) is 2.17. The molecule has 0 fully saturated rings. The van der Waals surface area contributed by atoms with Gasteiger partial charge in [-0.3, -0.25) is 4.79 Å². The molecular weight excluding hydrogens is 276 g/mol. The second kappa shape index (κ2) is 8.20. The molecule has 2 rings (SSSR count). The van der Waals surface area contributed by atoms with Crippen LogP contribution in [0.5, 0.6) is 5.75 Å². The second-order valence-corrected chi connectivity index (χ2v) is 5.10. The van der Waals surface area contributed by atoms with E-state index in [0.29, 0.717) is 19.5 Å².